The number of thioether (sulfide) groups is 1. The summed E-state index contributed by atoms with van der Waals surface area (Å²) in [4.78, 5) is 11.7. The third-order valence-electron chi connectivity index (χ3n) is 2.31. The standard InChI is InChI=1S/C13H17FO2S/c14-12-6-4-11(5-7-12)13(16)3-1-9-17-10-2-8-15/h4-7,15H,1-3,8-10H2. The topological polar surface area (TPSA) is 37.3 Å². The van der Waals surface area contributed by atoms with Gasteiger partial charge in [0.15, 0.2) is 5.78 Å². The second-order valence-electron chi connectivity index (χ2n) is 3.72. The molecule has 1 rings (SSSR count). The van der Waals surface area contributed by atoms with Gasteiger partial charge in [0, 0.05) is 18.6 Å². The fraction of sp³-hybridized carbons (Fsp3) is 0.462. The predicted octanol–water partition coefficient (Wildman–Crippen LogP) is 2.90. The first-order valence-electron chi connectivity index (χ1n) is 5.71. The Balaban J connectivity index is 2.19. The van der Waals surface area contributed by atoms with Gasteiger partial charge in [0.2, 0.25) is 0 Å². The highest BCUT2D eigenvalue weighted by molar-refractivity contribution is 7.99. The lowest BCUT2D eigenvalue weighted by molar-refractivity contribution is 0.0982. The number of hydrogen-bond donors (Lipinski definition) is 1. The van der Waals surface area contributed by atoms with E-state index in [9.17, 15) is 9.18 Å². The van der Waals surface area contributed by atoms with Gasteiger partial charge >= 0.3 is 0 Å². The Kier molecular flexibility index (Phi) is 6.89. The third-order valence-corrected chi connectivity index (χ3v) is 3.46. The van der Waals surface area contributed by atoms with Crippen molar-refractivity contribution < 1.29 is 14.3 Å². The summed E-state index contributed by atoms with van der Waals surface area (Å²) in [5, 5.41) is 8.58. The summed E-state index contributed by atoms with van der Waals surface area (Å²) < 4.78 is 12.6. The average Bonchev–Trinajstić information content (AvgIpc) is 2.34. The first-order chi connectivity index (χ1) is 8.24. The maximum absolute atomic E-state index is 12.6. The van der Waals surface area contributed by atoms with Gasteiger partial charge in [0.1, 0.15) is 5.82 Å². The monoisotopic (exact) mass is 256 g/mol. The lowest BCUT2D eigenvalue weighted by Gasteiger charge is -2.01. The van der Waals surface area contributed by atoms with Crippen LogP contribution < -0.4 is 0 Å². The number of ketones is 1. The molecule has 0 aliphatic heterocycles. The van der Waals surface area contributed by atoms with E-state index >= 15 is 0 Å². The molecular formula is C13H17FO2S. The van der Waals surface area contributed by atoms with Crippen molar-refractivity contribution in [3.63, 3.8) is 0 Å². The molecule has 0 saturated carbocycles. The molecule has 0 unspecified atom stereocenters. The van der Waals surface area contributed by atoms with Crippen LogP contribution in [0.4, 0.5) is 4.39 Å². The Hall–Kier alpha value is -0.870. The number of benzene rings is 1. The van der Waals surface area contributed by atoms with Gasteiger partial charge in [0.25, 0.3) is 0 Å². The van der Waals surface area contributed by atoms with Crippen LogP contribution in [0, 0.1) is 5.82 Å². The Morgan fingerprint density at radius 1 is 1.18 bits per heavy atom. The van der Waals surface area contributed by atoms with E-state index in [1.807, 2.05) is 0 Å². The Bertz CT molecular complexity index is 338. The molecular weight excluding hydrogens is 239 g/mol. The Morgan fingerprint density at radius 2 is 1.82 bits per heavy atom. The molecule has 0 spiro atoms. The van der Waals surface area contributed by atoms with Crippen LogP contribution in [0.25, 0.3) is 0 Å². The highest BCUT2D eigenvalue weighted by Crippen LogP contribution is 2.10. The second-order valence-corrected chi connectivity index (χ2v) is 4.95. The summed E-state index contributed by atoms with van der Waals surface area (Å²) in [6, 6.07) is 5.67. The minimum absolute atomic E-state index is 0.0627. The van der Waals surface area contributed by atoms with Gasteiger partial charge < -0.3 is 5.11 Å². The smallest absolute Gasteiger partial charge is 0.162 e. The highest BCUT2D eigenvalue weighted by Gasteiger charge is 2.05. The first kappa shape index (κ1) is 14.2. The zero-order chi connectivity index (χ0) is 12.5. The third kappa shape index (κ3) is 5.84. The molecule has 2 nitrogen and oxygen atoms in total. The summed E-state index contributed by atoms with van der Waals surface area (Å²) >= 11 is 1.75. The number of carbonyl (C=O) groups excluding carboxylic acids is 1. The van der Waals surface area contributed by atoms with Crippen LogP contribution in [0.15, 0.2) is 24.3 Å². The molecule has 94 valence electrons. The van der Waals surface area contributed by atoms with Crippen LogP contribution in [0.2, 0.25) is 0 Å². The van der Waals surface area contributed by atoms with Crippen molar-refractivity contribution in [3.8, 4) is 0 Å². The molecule has 4 heteroatoms. The van der Waals surface area contributed by atoms with Gasteiger partial charge in [-0.25, -0.2) is 4.39 Å². The predicted molar refractivity (Wildman–Crippen MR) is 69.0 cm³/mol. The van der Waals surface area contributed by atoms with Crippen molar-refractivity contribution in [3.05, 3.63) is 35.6 Å². The lowest BCUT2D eigenvalue weighted by Crippen LogP contribution is -2.00. The summed E-state index contributed by atoms with van der Waals surface area (Å²) in [6.07, 6.45) is 2.13. The second kappa shape index (κ2) is 8.25. The molecule has 0 aliphatic rings. The van der Waals surface area contributed by atoms with Crippen molar-refractivity contribution in [1.82, 2.24) is 0 Å². The van der Waals surface area contributed by atoms with E-state index in [1.165, 1.54) is 24.3 Å². The largest absolute Gasteiger partial charge is 0.396 e. The van der Waals surface area contributed by atoms with Crippen LogP contribution in [0.1, 0.15) is 29.6 Å². The average molecular weight is 256 g/mol. The maximum Gasteiger partial charge on any atom is 0.162 e. The van der Waals surface area contributed by atoms with E-state index < -0.39 is 0 Å². The van der Waals surface area contributed by atoms with Crippen LogP contribution in [0.5, 0.6) is 0 Å². The van der Waals surface area contributed by atoms with Gasteiger partial charge in [-0.05, 0) is 48.6 Å². The van der Waals surface area contributed by atoms with Crippen LogP contribution in [-0.2, 0) is 0 Å². The molecule has 1 aromatic carbocycles. The zero-order valence-electron chi connectivity index (χ0n) is 9.69. The van der Waals surface area contributed by atoms with E-state index in [0.29, 0.717) is 12.0 Å². The summed E-state index contributed by atoms with van der Waals surface area (Å²) in [5.74, 6) is 1.60. The van der Waals surface area contributed by atoms with Crippen molar-refractivity contribution in [2.75, 3.05) is 18.1 Å². The van der Waals surface area contributed by atoms with Crippen LogP contribution in [-0.4, -0.2) is 29.0 Å². The highest BCUT2D eigenvalue weighted by atomic mass is 32.2. The Labute approximate surface area is 105 Å². The summed E-state index contributed by atoms with van der Waals surface area (Å²) in [7, 11) is 0. The lowest BCUT2D eigenvalue weighted by atomic mass is 10.1. The molecule has 1 aromatic rings. The van der Waals surface area contributed by atoms with Gasteiger partial charge in [-0.3, -0.25) is 4.79 Å². The number of rotatable bonds is 8. The van der Waals surface area contributed by atoms with Crippen molar-refractivity contribution >= 4 is 17.5 Å². The number of halogens is 1. The van der Waals surface area contributed by atoms with Crippen molar-refractivity contribution in [2.45, 2.75) is 19.3 Å². The molecule has 0 heterocycles. The normalized spacial score (nSPS) is 10.5. The maximum atomic E-state index is 12.6. The van der Waals surface area contributed by atoms with E-state index in [0.717, 1.165) is 24.3 Å². The van der Waals surface area contributed by atoms with Gasteiger partial charge in [0.05, 0.1) is 0 Å². The number of carbonyl (C=O) groups is 1. The number of aliphatic hydroxyl groups excluding tert-OH is 1. The molecule has 17 heavy (non-hydrogen) atoms. The first-order valence-corrected chi connectivity index (χ1v) is 6.87. The molecule has 0 radical (unpaired) electrons. The molecule has 0 saturated heterocycles. The number of aliphatic hydroxyl groups is 1. The van der Waals surface area contributed by atoms with Gasteiger partial charge in [-0.2, -0.15) is 11.8 Å². The molecule has 0 aromatic heterocycles. The number of hydrogen-bond acceptors (Lipinski definition) is 3. The van der Waals surface area contributed by atoms with Gasteiger partial charge in [-0.15, -0.1) is 0 Å². The fourth-order valence-corrected chi connectivity index (χ4v) is 2.27. The zero-order valence-corrected chi connectivity index (χ0v) is 10.5. The van der Waals surface area contributed by atoms with Crippen LogP contribution in [0.3, 0.4) is 0 Å². The van der Waals surface area contributed by atoms with E-state index in [1.54, 1.807) is 11.8 Å². The van der Waals surface area contributed by atoms with E-state index in [-0.39, 0.29) is 18.2 Å². The molecule has 0 atom stereocenters. The van der Waals surface area contributed by atoms with Crippen molar-refractivity contribution in [2.24, 2.45) is 0 Å². The summed E-state index contributed by atoms with van der Waals surface area (Å²) in [6.45, 7) is 0.224. The minimum Gasteiger partial charge on any atom is -0.396 e. The molecule has 1 N–H and O–H groups in total. The van der Waals surface area contributed by atoms with E-state index in [4.69, 9.17) is 5.11 Å². The minimum atomic E-state index is -0.318. The molecule has 0 fully saturated rings. The number of Topliss-reactive ketones (excluding diaryl/α,β-unsaturated/α-hetero) is 1. The SMILES string of the molecule is O=C(CCCSCCCO)c1ccc(F)cc1. The van der Waals surface area contributed by atoms with Crippen LogP contribution >= 0.6 is 11.8 Å². The quantitative estimate of drug-likeness (QED) is 0.574. The Morgan fingerprint density at radius 3 is 2.47 bits per heavy atom. The molecule has 0 bridgehead atoms. The molecule has 0 amide bonds. The molecule has 0 aliphatic carbocycles. The summed E-state index contributed by atoms with van der Waals surface area (Å²) in [5.41, 5.74) is 0.576. The van der Waals surface area contributed by atoms with Crippen molar-refractivity contribution in [1.29, 1.82) is 0 Å². The fourth-order valence-electron chi connectivity index (χ4n) is 1.38. The van der Waals surface area contributed by atoms with Gasteiger partial charge in [-0.1, -0.05) is 0 Å². The van der Waals surface area contributed by atoms with E-state index in [2.05, 4.69) is 0 Å².